The van der Waals surface area contributed by atoms with Gasteiger partial charge < -0.3 is 14.6 Å². The lowest BCUT2D eigenvalue weighted by atomic mass is 10.3. The third-order valence-electron chi connectivity index (χ3n) is 3.99. The molecule has 0 radical (unpaired) electrons. The van der Waals surface area contributed by atoms with Gasteiger partial charge in [0, 0.05) is 12.7 Å². The first kappa shape index (κ1) is 19.0. The lowest BCUT2D eigenvalue weighted by molar-refractivity contribution is -0.115. The molecule has 1 heterocycles. The molecule has 0 saturated heterocycles. The van der Waals surface area contributed by atoms with Crippen LogP contribution in [0.2, 0.25) is 0 Å². The summed E-state index contributed by atoms with van der Waals surface area (Å²) in [5.74, 6) is 1.45. The number of hydrogen-bond acceptors (Lipinski definition) is 5. The molecule has 0 fully saturated rings. The van der Waals surface area contributed by atoms with E-state index in [2.05, 4.69) is 15.5 Å². The highest BCUT2D eigenvalue weighted by Gasteiger charge is 2.21. The Morgan fingerprint density at radius 1 is 1.11 bits per heavy atom. The number of aromatic nitrogens is 3. The molecule has 0 aliphatic carbocycles. The van der Waals surface area contributed by atoms with Gasteiger partial charge in [-0.05, 0) is 30.7 Å². The Morgan fingerprint density at radius 3 is 2.44 bits per heavy atom. The number of carbonyl (C=O) groups is 1. The van der Waals surface area contributed by atoms with E-state index in [0.29, 0.717) is 24.0 Å². The van der Waals surface area contributed by atoms with Crippen LogP contribution in [-0.2, 0) is 18.4 Å². The summed E-state index contributed by atoms with van der Waals surface area (Å²) in [6, 6.07) is 19.0. The molecule has 7 heteroatoms. The van der Waals surface area contributed by atoms with Crippen molar-refractivity contribution in [1.29, 1.82) is 0 Å². The average molecular weight is 382 g/mol. The minimum Gasteiger partial charge on any atom is -0.486 e. The molecule has 140 valence electrons. The standard InChI is InChI=1S/C20H22N4O2S/c1-3-17(19(25)21-15-10-6-4-7-11-15)27-20-23-22-18(24(20)2)14-26-16-12-8-5-9-13-16/h4-13,17H,3,14H2,1-2H3,(H,21,25)/t17-/m0/s1. The largest absolute Gasteiger partial charge is 0.486 e. The van der Waals surface area contributed by atoms with Crippen molar-refractivity contribution >= 4 is 23.4 Å². The van der Waals surface area contributed by atoms with E-state index in [-0.39, 0.29) is 11.2 Å². The van der Waals surface area contributed by atoms with Crippen molar-refractivity contribution in [1.82, 2.24) is 14.8 Å². The first-order chi connectivity index (χ1) is 13.2. The van der Waals surface area contributed by atoms with Crippen LogP contribution in [0.1, 0.15) is 19.2 Å². The number of para-hydroxylation sites is 2. The van der Waals surface area contributed by atoms with E-state index >= 15 is 0 Å². The number of nitrogens with one attached hydrogen (secondary N) is 1. The van der Waals surface area contributed by atoms with E-state index in [9.17, 15) is 4.79 Å². The molecule has 0 bridgehead atoms. The van der Waals surface area contributed by atoms with Crippen molar-refractivity contribution in [3.05, 3.63) is 66.5 Å². The molecule has 27 heavy (non-hydrogen) atoms. The van der Waals surface area contributed by atoms with E-state index in [0.717, 1.165) is 11.4 Å². The monoisotopic (exact) mass is 382 g/mol. The molecule has 0 saturated carbocycles. The maximum absolute atomic E-state index is 12.6. The molecule has 0 aliphatic rings. The molecule has 1 atom stereocenters. The molecule has 3 aromatic rings. The maximum Gasteiger partial charge on any atom is 0.237 e. The summed E-state index contributed by atoms with van der Waals surface area (Å²) in [6.07, 6.45) is 0.687. The highest BCUT2D eigenvalue weighted by molar-refractivity contribution is 8.00. The average Bonchev–Trinajstić information content (AvgIpc) is 3.05. The third kappa shape index (κ3) is 5.10. The van der Waals surface area contributed by atoms with Crippen molar-refractivity contribution in [2.24, 2.45) is 7.05 Å². The Labute approximate surface area is 163 Å². The fourth-order valence-electron chi connectivity index (χ4n) is 2.43. The van der Waals surface area contributed by atoms with Crippen LogP contribution in [0, 0.1) is 0 Å². The molecule has 3 rings (SSSR count). The number of anilines is 1. The van der Waals surface area contributed by atoms with Gasteiger partial charge >= 0.3 is 0 Å². The number of ether oxygens (including phenoxy) is 1. The summed E-state index contributed by atoms with van der Waals surface area (Å²) in [4.78, 5) is 12.6. The van der Waals surface area contributed by atoms with Gasteiger partial charge in [0.05, 0.1) is 5.25 Å². The van der Waals surface area contributed by atoms with E-state index in [1.807, 2.05) is 79.2 Å². The molecule has 0 spiro atoms. The second-order valence-corrected chi connectivity index (χ2v) is 7.10. The Hall–Kier alpha value is -2.80. The number of benzene rings is 2. The highest BCUT2D eigenvalue weighted by atomic mass is 32.2. The zero-order chi connectivity index (χ0) is 19.1. The zero-order valence-corrected chi connectivity index (χ0v) is 16.1. The molecular formula is C20H22N4O2S. The molecule has 1 N–H and O–H groups in total. The SMILES string of the molecule is CC[C@H](Sc1nnc(COc2ccccc2)n1C)C(=O)Nc1ccccc1. The van der Waals surface area contributed by atoms with Crippen molar-refractivity contribution < 1.29 is 9.53 Å². The Morgan fingerprint density at radius 2 is 1.78 bits per heavy atom. The van der Waals surface area contributed by atoms with Crippen LogP contribution in [0.15, 0.2) is 65.8 Å². The smallest absolute Gasteiger partial charge is 0.237 e. The predicted molar refractivity (Wildman–Crippen MR) is 107 cm³/mol. The molecular weight excluding hydrogens is 360 g/mol. The van der Waals surface area contributed by atoms with Crippen molar-refractivity contribution in [3.8, 4) is 5.75 Å². The molecule has 2 aromatic carbocycles. The summed E-state index contributed by atoms with van der Waals surface area (Å²) in [5, 5.41) is 11.8. The molecule has 1 aromatic heterocycles. The van der Waals surface area contributed by atoms with Crippen molar-refractivity contribution in [2.75, 3.05) is 5.32 Å². The molecule has 0 aliphatic heterocycles. The third-order valence-corrected chi connectivity index (χ3v) is 5.39. The second-order valence-electron chi connectivity index (χ2n) is 5.93. The van der Waals surface area contributed by atoms with Crippen molar-refractivity contribution in [2.45, 2.75) is 30.4 Å². The Balaban J connectivity index is 1.62. The van der Waals surface area contributed by atoms with Gasteiger partial charge in [-0.25, -0.2) is 0 Å². The highest BCUT2D eigenvalue weighted by Crippen LogP contribution is 2.25. The fourth-order valence-corrected chi connectivity index (χ4v) is 3.37. The van der Waals surface area contributed by atoms with Gasteiger partial charge in [0.25, 0.3) is 0 Å². The van der Waals surface area contributed by atoms with E-state index < -0.39 is 0 Å². The van der Waals surface area contributed by atoms with E-state index in [1.54, 1.807) is 0 Å². The van der Waals surface area contributed by atoms with E-state index in [1.165, 1.54) is 11.8 Å². The summed E-state index contributed by atoms with van der Waals surface area (Å²) in [5.41, 5.74) is 0.788. The number of thioether (sulfide) groups is 1. The number of rotatable bonds is 8. The minimum atomic E-state index is -0.254. The Bertz CT molecular complexity index is 868. The molecule has 6 nitrogen and oxygen atoms in total. The van der Waals surface area contributed by atoms with Crippen LogP contribution < -0.4 is 10.1 Å². The number of hydrogen-bond donors (Lipinski definition) is 1. The summed E-state index contributed by atoms with van der Waals surface area (Å²) in [6.45, 7) is 2.30. The Kier molecular flexibility index (Phi) is 6.49. The van der Waals surface area contributed by atoms with Gasteiger partial charge in [-0.2, -0.15) is 0 Å². The number of nitrogens with zero attached hydrogens (tertiary/aromatic N) is 3. The summed E-state index contributed by atoms with van der Waals surface area (Å²) in [7, 11) is 1.88. The number of amides is 1. The lowest BCUT2D eigenvalue weighted by Crippen LogP contribution is -2.25. The van der Waals surface area contributed by atoms with E-state index in [4.69, 9.17) is 4.74 Å². The normalized spacial score (nSPS) is 11.8. The van der Waals surface area contributed by atoms with Crippen LogP contribution in [0.3, 0.4) is 0 Å². The fraction of sp³-hybridized carbons (Fsp3) is 0.250. The van der Waals surface area contributed by atoms with Gasteiger partial charge in [0.1, 0.15) is 12.4 Å². The molecule has 0 unspecified atom stereocenters. The van der Waals surface area contributed by atoms with Gasteiger partial charge in [-0.3, -0.25) is 4.79 Å². The van der Waals surface area contributed by atoms with Gasteiger partial charge in [-0.1, -0.05) is 55.1 Å². The first-order valence-electron chi connectivity index (χ1n) is 8.76. The van der Waals surface area contributed by atoms with Crippen LogP contribution in [0.5, 0.6) is 5.75 Å². The van der Waals surface area contributed by atoms with Crippen LogP contribution in [0.25, 0.3) is 0 Å². The first-order valence-corrected chi connectivity index (χ1v) is 9.64. The van der Waals surface area contributed by atoms with Crippen LogP contribution in [0.4, 0.5) is 5.69 Å². The second kappa shape index (κ2) is 9.23. The van der Waals surface area contributed by atoms with Crippen LogP contribution >= 0.6 is 11.8 Å². The predicted octanol–water partition coefficient (Wildman–Crippen LogP) is 3.90. The maximum atomic E-state index is 12.6. The number of carbonyl (C=O) groups excluding carboxylic acids is 1. The minimum absolute atomic E-state index is 0.0428. The van der Waals surface area contributed by atoms with Gasteiger partial charge in [0.15, 0.2) is 11.0 Å². The van der Waals surface area contributed by atoms with Crippen LogP contribution in [-0.4, -0.2) is 25.9 Å². The van der Waals surface area contributed by atoms with Crippen molar-refractivity contribution in [3.63, 3.8) is 0 Å². The van der Waals surface area contributed by atoms with Gasteiger partial charge in [0.2, 0.25) is 5.91 Å². The topological polar surface area (TPSA) is 69.0 Å². The molecule has 1 amide bonds. The lowest BCUT2D eigenvalue weighted by Gasteiger charge is -2.14. The summed E-state index contributed by atoms with van der Waals surface area (Å²) >= 11 is 1.41. The van der Waals surface area contributed by atoms with Gasteiger partial charge in [-0.15, -0.1) is 10.2 Å². The summed E-state index contributed by atoms with van der Waals surface area (Å²) < 4.78 is 7.60. The zero-order valence-electron chi connectivity index (χ0n) is 15.3. The quantitative estimate of drug-likeness (QED) is 0.598.